The molecule has 1 aromatic rings. The summed E-state index contributed by atoms with van der Waals surface area (Å²) < 4.78 is 57.7. The molecule has 11 heteroatoms. The van der Waals surface area contributed by atoms with E-state index in [1.807, 2.05) is 0 Å². The number of hydrogen-bond acceptors (Lipinski definition) is 7. The molecule has 29 heavy (non-hydrogen) atoms. The highest BCUT2D eigenvalue weighted by Crippen LogP contribution is 2.21. The Balaban J connectivity index is 2.45. The highest BCUT2D eigenvalue weighted by molar-refractivity contribution is 5.77. The first kappa shape index (κ1) is 24.1. The average Bonchev–Trinajstić information content (AvgIpc) is 2.68. The van der Waals surface area contributed by atoms with Crippen LogP contribution in [-0.2, 0) is 19.1 Å². The van der Waals surface area contributed by atoms with Gasteiger partial charge in [-0.1, -0.05) is 6.58 Å². The molecule has 0 aliphatic rings. The SMILES string of the molecule is C=C(NCC(COC)OC(=O)COc1ccc(OCC(=O)NC)cc1)C(F)(F)F. The van der Waals surface area contributed by atoms with Crippen molar-refractivity contribution in [2.75, 3.05) is 40.5 Å². The van der Waals surface area contributed by atoms with E-state index >= 15 is 0 Å². The van der Waals surface area contributed by atoms with Gasteiger partial charge in [0.25, 0.3) is 5.91 Å². The zero-order valence-electron chi connectivity index (χ0n) is 16.0. The molecule has 0 aliphatic carbocycles. The second-order valence-electron chi connectivity index (χ2n) is 5.65. The molecule has 1 unspecified atom stereocenters. The van der Waals surface area contributed by atoms with Gasteiger partial charge in [-0.3, -0.25) is 4.79 Å². The number of ether oxygens (including phenoxy) is 4. The first-order chi connectivity index (χ1) is 13.7. The third-order valence-corrected chi connectivity index (χ3v) is 3.37. The molecular formula is C18H23F3N2O6. The zero-order chi connectivity index (χ0) is 21.9. The standard InChI is InChI=1S/C18H23F3N2O6/c1-12(18(19,20)21)23-8-15(9-26-3)29-17(25)11-28-14-6-4-13(5-7-14)27-10-16(24)22-2/h4-7,15,23H,1,8-11H2,2-3H3,(H,22,24). The van der Waals surface area contributed by atoms with Crippen molar-refractivity contribution < 1.29 is 41.7 Å². The van der Waals surface area contributed by atoms with E-state index < -0.39 is 30.6 Å². The van der Waals surface area contributed by atoms with E-state index in [-0.39, 0.29) is 25.7 Å². The molecule has 0 bridgehead atoms. The van der Waals surface area contributed by atoms with Crippen LogP contribution in [0.4, 0.5) is 13.2 Å². The van der Waals surface area contributed by atoms with Crippen LogP contribution in [0.25, 0.3) is 0 Å². The molecule has 1 aromatic carbocycles. The molecule has 0 aliphatic heterocycles. The van der Waals surface area contributed by atoms with Crippen molar-refractivity contribution >= 4 is 11.9 Å². The number of esters is 1. The van der Waals surface area contributed by atoms with Crippen LogP contribution in [0.2, 0.25) is 0 Å². The number of methoxy groups -OCH3 is 1. The van der Waals surface area contributed by atoms with E-state index in [0.29, 0.717) is 11.5 Å². The van der Waals surface area contributed by atoms with Crippen LogP contribution in [0.3, 0.4) is 0 Å². The van der Waals surface area contributed by atoms with Gasteiger partial charge in [-0.05, 0) is 24.3 Å². The summed E-state index contributed by atoms with van der Waals surface area (Å²) in [5.74, 6) is -0.306. The highest BCUT2D eigenvalue weighted by Gasteiger charge is 2.32. The van der Waals surface area contributed by atoms with Crippen molar-refractivity contribution in [2.24, 2.45) is 0 Å². The van der Waals surface area contributed by atoms with E-state index in [0.717, 1.165) is 0 Å². The Labute approximate surface area is 165 Å². The fourth-order valence-corrected chi connectivity index (χ4v) is 1.87. The molecule has 2 N–H and O–H groups in total. The third kappa shape index (κ3) is 9.70. The molecular weight excluding hydrogens is 397 g/mol. The van der Waals surface area contributed by atoms with Gasteiger partial charge in [0.2, 0.25) is 0 Å². The summed E-state index contributed by atoms with van der Waals surface area (Å²) in [6.07, 6.45) is -5.56. The molecule has 1 atom stereocenters. The van der Waals surface area contributed by atoms with Crippen LogP contribution in [0.1, 0.15) is 0 Å². The second-order valence-corrected chi connectivity index (χ2v) is 5.65. The number of amides is 1. The number of nitrogens with one attached hydrogen (secondary N) is 2. The molecule has 1 rings (SSSR count). The molecule has 0 heterocycles. The van der Waals surface area contributed by atoms with Crippen LogP contribution in [0.5, 0.6) is 11.5 Å². The smallest absolute Gasteiger partial charge is 0.430 e. The van der Waals surface area contributed by atoms with Gasteiger partial charge in [0.15, 0.2) is 13.2 Å². The first-order valence-electron chi connectivity index (χ1n) is 8.40. The molecule has 0 saturated heterocycles. The van der Waals surface area contributed by atoms with E-state index in [4.69, 9.17) is 18.9 Å². The maximum atomic E-state index is 12.4. The lowest BCUT2D eigenvalue weighted by atomic mass is 10.3. The topological polar surface area (TPSA) is 95.1 Å². The Morgan fingerprint density at radius 3 is 2.14 bits per heavy atom. The predicted octanol–water partition coefficient (Wildman–Crippen LogP) is 1.41. The van der Waals surface area contributed by atoms with Gasteiger partial charge >= 0.3 is 12.1 Å². The van der Waals surface area contributed by atoms with Gasteiger partial charge in [-0.15, -0.1) is 0 Å². The van der Waals surface area contributed by atoms with Crippen molar-refractivity contribution in [1.29, 1.82) is 0 Å². The summed E-state index contributed by atoms with van der Waals surface area (Å²) >= 11 is 0. The summed E-state index contributed by atoms with van der Waals surface area (Å²) in [6, 6.07) is 6.13. The van der Waals surface area contributed by atoms with Gasteiger partial charge in [-0.2, -0.15) is 13.2 Å². The fourth-order valence-electron chi connectivity index (χ4n) is 1.87. The van der Waals surface area contributed by atoms with Crippen LogP contribution < -0.4 is 20.1 Å². The minimum Gasteiger partial charge on any atom is -0.484 e. The van der Waals surface area contributed by atoms with Gasteiger partial charge in [0.05, 0.1) is 13.2 Å². The number of likely N-dealkylation sites (N-methyl/N-ethyl adjacent to an activating group) is 1. The van der Waals surface area contributed by atoms with Crippen LogP contribution in [0.15, 0.2) is 36.5 Å². The lowest BCUT2D eigenvalue weighted by Gasteiger charge is -2.20. The minimum absolute atomic E-state index is 0.110. The Kier molecular flexibility index (Phi) is 9.80. The summed E-state index contributed by atoms with van der Waals surface area (Å²) in [5.41, 5.74) is -1.15. The quantitative estimate of drug-likeness (QED) is 0.494. The number of rotatable bonds is 12. The summed E-state index contributed by atoms with van der Waals surface area (Å²) in [7, 11) is 2.81. The van der Waals surface area contributed by atoms with Crippen molar-refractivity contribution in [1.82, 2.24) is 10.6 Å². The lowest BCUT2D eigenvalue weighted by Crippen LogP contribution is -2.37. The molecule has 0 aromatic heterocycles. The molecule has 0 fully saturated rings. The first-order valence-corrected chi connectivity index (χ1v) is 8.40. The zero-order valence-corrected chi connectivity index (χ0v) is 16.0. The third-order valence-electron chi connectivity index (χ3n) is 3.37. The molecule has 162 valence electrons. The number of carbonyl (C=O) groups is 2. The molecule has 8 nitrogen and oxygen atoms in total. The Morgan fingerprint density at radius 1 is 1.10 bits per heavy atom. The van der Waals surface area contributed by atoms with Crippen molar-refractivity contribution in [3.8, 4) is 11.5 Å². The number of hydrogen-bond donors (Lipinski definition) is 2. The van der Waals surface area contributed by atoms with Crippen molar-refractivity contribution in [3.05, 3.63) is 36.5 Å². The van der Waals surface area contributed by atoms with Gasteiger partial charge in [-0.25, -0.2) is 4.79 Å². The van der Waals surface area contributed by atoms with Crippen LogP contribution in [0, 0.1) is 0 Å². The van der Waals surface area contributed by atoms with E-state index in [1.165, 1.54) is 26.3 Å². The summed E-state index contributed by atoms with van der Waals surface area (Å²) in [5, 5.41) is 4.47. The van der Waals surface area contributed by atoms with E-state index in [9.17, 15) is 22.8 Å². The van der Waals surface area contributed by atoms with Gasteiger partial charge in [0.1, 0.15) is 23.3 Å². The molecule has 0 saturated carbocycles. The Morgan fingerprint density at radius 2 is 1.66 bits per heavy atom. The molecule has 1 amide bonds. The number of allylic oxidation sites excluding steroid dienone is 1. The number of carbonyl (C=O) groups excluding carboxylic acids is 2. The van der Waals surface area contributed by atoms with Gasteiger partial charge in [0, 0.05) is 14.2 Å². The Bertz CT molecular complexity index is 679. The second kappa shape index (κ2) is 11.8. The monoisotopic (exact) mass is 420 g/mol. The number of alkyl halides is 3. The van der Waals surface area contributed by atoms with Crippen molar-refractivity contribution in [2.45, 2.75) is 12.3 Å². The normalized spacial score (nSPS) is 11.9. The predicted molar refractivity (Wildman–Crippen MR) is 96.5 cm³/mol. The summed E-state index contributed by atoms with van der Waals surface area (Å²) in [6.45, 7) is 1.84. The fraction of sp³-hybridized carbons (Fsp3) is 0.444. The average molecular weight is 420 g/mol. The maximum Gasteiger partial charge on any atom is 0.430 e. The van der Waals surface area contributed by atoms with Crippen LogP contribution >= 0.6 is 0 Å². The molecule has 0 radical (unpaired) electrons. The van der Waals surface area contributed by atoms with E-state index in [2.05, 4.69) is 17.2 Å². The minimum atomic E-state index is -4.60. The molecule has 0 spiro atoms. The highest BCUT2D eigenvalue weighted by atomic mass is 19.4. The Hall–Kier alpha value is -2.95. The van der Waals surface area contributed by atoms with Crippen molar-refractivity contribution in [3.63, 3.8) is 0 Å². The maximum absolute atomic E-state index is 12.4. The number of benzene rings is 1. The van der Waals surface area contributed by atoms with E-state index in [1.54, 1.807) is 12.1 Å². The summed E-state index contributed by atoms with van der Waals surface area (Å²) in [4.78, 5) is 23.0. The van der Waals surface area contributed by atoms with Gasteiger partial charge < -0.3 is 29.6 Å². The number of halogens is 3. The largest absolute Gasteiger partial charge is 0.484 e. The lowest BCUT2D eigenvalue weighted by molar-refractivity contribution is -0.153. The van der Waals surface area contributed by atoms with Crippen LogP contribution in [-0.4, -0.2) is 64.7 Å².